The van der Waals surface area contributed by atoms with Crippen LogP contribution in [0.1, 0.15) is 17.9 Å². The number of aromatic nitrogens is 3. The molecule has 1 saturated heterocycles. The van der Waals surface area contributed by atoms with Gasteiger partial charge < -0.3 is 10.2 Å². The summed E-state index contributed by atoms with van der Waals surface area (Å²) < 4.78 is 1.30. The zero-order valence-electron chi connectivity index (χ0n) is 12.3. The van der Waals surface area contributed by atoms with Gasteiger partial charge in [-0.05, 0) is 43.6 Å². The van der Waals surface area contributed by atoms with Crippen molar-refractivity contribution >= 4 is 11.5 Å². The molecule has 1 aliphatic rings. The summed E-state index contributed by atoms with van der Waals surface area (Å²) in [5.74, 6) is 1.23. The number of rotatable bonds is 3. The Balaban J connectivity index is 1.75. The molecule has 1 fully saturated rings. The third-order valence-corrected chi connectivity index (χ3v) is 3.92. The van der Waals surface area contributed by atoms with E-state index in [0.29, 0.717) is 17.4 Å². The van der Waals surface area contributed by atoms with Crippen LogP contribution in [0.15, 0.2) is 35.4 Å². The van der Waals surface area contributed by atoms with Crippen LogP contribution < -0.4 is 10.9 Å². The van der Waals surface area contributed by atoms with Crippen LogP contribution in [-0.2, 0) is 7.05 Å². The molecule has 0 saturated carbocycles. The van der Waals surface area contributed by atoms with Gasteiger partial charge in [0.05, 0.1) is 0 Å². The van der Waals surface area contributed by atoms with Crippen LogP contribution >= 0.6 is 0 Å². The summed E-state index contributed by atoms with van der Waals surface area (Å²) in [5, 5.41) is 6.94. The van der Waals surface area contributed by atoms with Crippen LogP contribution in [-0.4, -0.2) is 39.8 Å². The lowest BCUT2D eigenvalue weighted by Gasteiger charge is -2.11. The van der Waals surface area contributed by atoms with Gasteiger partial charge in [-0.15, -0.1) is 0 Å². The summed E-state index contributed by atoms with van der Waals surface area (Å²) in [7, 11) is 3.77. The van der Waals surface area contributed by atoms with Gasteiger partial charge in [0.15, 0.2) is 0 Å². The lowest BCUT2D eigenvalue weighted by Crippen LogP contribution is -2.21. The second-order valence-electron chi connectivity index (χ2n) is 5.52. The summed E-state index contributed by atoms with van der Waals surface area (Å²) in [5.41, 5.74) is 1.57. The quantitative estimate of drug-likeness (QED) is 0.922. The van der Waals surface area contributed by atoms with Crippen molar-refractivity contribution in [3.05, 3.63) is 46.5 Å². The maximum atomic E-state index is 11.9. The first-order valence-electron chi connectivity index (χ1n) is 7.07. The molecule has 0 radical (unpaired) electrons. The highest BCUT2D eigenvalue weighted by atomic mass is 16.1. The van der Waals surface area contributed by atoms with Gasteiger partial charge in [0.25, 0.3) is 5.56 Å². The molecule has 6 nitrogen and oxygen atoms in total. The zero-order chi connectivity index (χ0) is 14.8. The molecule has 0 spiro atoms. The van der Waals surface area contributed by atoms with Gasteiger partial charge in [-0.3, -0.25) is 4.79 Å². The number of hydrogen-bond acceptors (Lipinski definition) is 5. The topological polar surface area (TPSA) is 63.1 Å². The van der Waals surface area contributed by atoms with E-state index in [1.165, 1.54) is 16.7 Å². The Bertz CT molecular complexity index is 679. The van der Waals surface area contributed by atoms with Gasteiger partial charge in [0.1, 0.15) is 11.5 Å². The highest BCUT2D eigenvalue weighted by Crippen LogP contribution is 2.26. The first kappa shape index (κ1) is 13.8. The zero-order valence-corrected chi connectivity index (χ0v) is 12.3. The maximum Gasteiger partial charge on any atom is 0.290 e. The third-order valence-electron chi connectivity index (χ3n) is 3.92. The van der Waals surface area contributed by atoms with Crippen molar-refractivity contribution in [3.63, 3.8) is 0 Å². The monoisotopic (exact) mass is 285 g/mol. The van der Waals surface area contributed by atoms with E-state index in [2.05, 4.69) is 33.4 Å². The number of nitrogens with one attached hydrogen (secondary N) is 1. The molecule has 0 aromatic carbocycles. The van der Waals surface area contributed by atoms with Crippen molar-refractivity contribution in [1.29, 1.82) is 0 Å². The summed E-state index contributed by atoms with van der Waals surface area (Å²) >= 11 is 0. The Hall–Kier alpha value is -2.21. The summed E-state index contributed by atoms with van der Waals surface area (Å²) in [6.45, 7) is 2.22. The minimum atomic E-state index is -0.166. The SMILES string of the molecule is CN1CCC(c2ccc(Nc3ccnn(C)c3=O)nc2)C1. The molecule has 1 aliphatic heterocycles. The van der Waals surface area contributed by atoms with E-state index in [1.807, 2.05) is 12.3 Å². The number of nitrogens with zero attached hydrogens (tertiary/aromatic N) is 4. The number of aryl methyl sites for hydroxylation is 1. The van der Waals surface area contributed by atoms with E-state index in [0.717, 1.165) is 13.1 Å². The largest absolute Gasteiger partial charge is 0.336 e. The van der Waals surface area contributed by atoms with E-state index >= 15 is 0 Å². The average molecular weight is 285 g/mol. The molecule has 2 aromatic heterocycles. The lowest BCUT2D eigenvalue weighted by atomic mass is 10.0. The van der Waals surface area contributed by atoms with Crippen molar-refractivity contribution < 1.29 is 0 Å². The predicted molar refractivity (Wildman–Crippen MR) is 81.9 cm³/mol. The standard InChI is InChI=1S/C15H19N5O/c1-19-8-6-12(10-19)11-3-4-14(16-9-11)18-13-5-7-17-20(2)15(13)21/h3-5,7,9,12H,6,8,10H2,1-2H3,(H,16,18). The fraction of sp³-hybridized carbons (Fsp3) is 0.400. The van der Waals surface area contributed by atoms with E-state index < -0.39 is 0 Å². The molecule has 0 amide bonds. The van der Waals surface area contributed by atoms with Crippen molar-refractivity contribution in [2.45, 2.75) is 12.3 Å². The van der Waals surface area contributed by atoms with Gasteiger partial charge in [-0.25, -0.2) is 9.67 Å². The second kappa shape index (κ2) is 5.65. The molecule has 1 unspecified atom stereocenters. The van der Waals surface area contributed by atoms with Gasteiger partial charge in [0.2, 0.25) is 0 Å². The lowest BCUT2D eigenvalue weighted by molar-refractivity contribution is 0.411. The molecule has 6 heteroatoms. The molecule has 1 atom stereocenters. The third kappa shape index (κ3) is 2.95. The molecule has 0 aliphatic carbocycles. The summed E-state index contributed by atoms with van der Waals surface area (Å²) in [6, 6.07) is 5.67. The number of hydrogen-bond donors (Lipinski definition) is 1. The van der Waals surface area contributed by atoms with E-state index in [9.17, 15) is 4.79 Å². The smallest absolute Gasteiger partial charge is 0.290 e. The fourth-order valence-electron chi connectivity index (χ4n) is 2.67. The van der Waals surface area contributed by atoms with Gasteiger partial charge in [-0.2, -0.15) is 5.10 Å². The van der Waals surface area contributed by atoms with Crippen molar-refractivity contribution in [3.8, 4) is 0 Å². The predicted octanol–water partition coefficient (Wildman–Crippen LogP) is 1.34. The van der Waals surface area contributed by atoms with Gasteiger partial charge in [-0.1, -0.05) is 6.07 Å². The summed E-state index contributed by atoms with van der Waals surface area (Å²) in [6.07, 6.45) is 4.67. The summed E-state index contributed by atoms with van der Waals surface area (Å²) in [4.78, 5) is 18.6. The van der Waals surface area contributed by atoms with Crippen LogP contribution in [0, 0.1) is 0 Å². The van der Waals surface area contributed by atoms with E-state index in [4.69, 9.17) is 0 Å². The Morgan fingerprint density at radius 3 is 2.81 bits per heavy atom. The maximum absolute atomic E-state index is 11.9. The van der Waals surface area contributed by atoms with Crippen LogP contribution in [0.25, 0.3) is 0 Å². The Morgan fingerprint density at radius 1 is 1.29 bits per heavy atom. The van der Waals surface area contributed by atoms with Crippen molar-refractivity contribution in [2.24, 2.45) is 7.05 Å². The van der Waals surface area contributed by atoms with E-state index in [1.54, 1.807) is 19.3 Å². The first-order chi connectivity index (χ1) is 10.1. The van der Waals surface area contributed by atoms with Crippen molar-refractivity contribution in [2.75, 3.05) is 25.5 Å². The molecule has 3 heterocycles. The molecule has 3 rings (SSSR count). The minimum Gasteiger partial charge on any atom is -0.336 e. The van der Waals surface area contributed by atoms with Crippen LogP contribution in [0.5, 0.6) is 0 Å². The first-order valence-corrected chi connectivity index (χ1v) is 7.07. The molecule has 21 heavy (non-hydrogen) atoms. The molecular formula is C15H19N5O. The van der Waals surface area contributed by atoms with Crippen LogP contribution in [0.4, 0.5) is 11.5 Å². The molecular weight excluding hydrogens is 266 g/mol. The Kier molecular flexibility index (Phi) is 3.70. The van der Waals surface area contributed by atoms with Gasteiger partial charge in [0, 0.05) is 26.0 Å². The number of likely N-dealkylation sites (tertiary alicyclic amines) is 1. The van der Waals surface area contributed by atoms with Gasteiger partial charge >= 0.3 is 0 Å². The average Bonchev–Trinajstić information content (AvgIpc) is 2.91. The second-order valence-corrected chi connectivity index (χ2v) is 5.52. The molecule has 1 N–H and O–H groups in total. The molecule has 2 aromatic rings. The van der Waals surface area contributed by atoms with E-state index in [-0.39, 0.29) is 5.56 Å². The highest BCUT2D eigenvalue weighted by molar-refractivity contribution is 5.54. The normalized spacial score (nSPS) is 18.9. The minimum absolute atomic E-state index is 0.166. The number of likely N-dealkylation sites (N-methyl/N-ethyl adjacent to an activating group) is 1. The molecule has 110 valence electrons. The van der Waals surface area contributed by atoms with Crippen molar-refractivity contribution in [1.82, 2.24) is 19.7 Å². The van der Waals surface area contributed by atoms with Crippen LogP contribution in [0.3, 0.4) is 0 Å². The highest BCUT2D eigenvalue weighted by Gasteiger charge is 2.21. The number of anilines is 2. The number of pyridine rings is 1. The molecule has 0 bridgehead atoms. The van der Waals surface area contributed by atoms with Crippen LogP contribution in [0.2, 0.25) is 0 Å². The fourth-order valence-corrected chi connectivity index (χ4v) is 2.67. The Labute approximate surface area is 123 Å². The Morgan fingerprint density at radius 2 is 2.14 bits per heavy atom.